The van der Waals surface area contributed by atoms with Gasteiger partial charge in [-0.25, -0.2) is 4.98 Å². The molecular formula is C18H18N2O5. The normalized spacial score (nSPS) is 14.3. The third-order valence-electron chi connectivity index (χ3n) is 3.65. The van der Waals surface area contributed by atoms with E-state index in [1.807, 2.05) is 0 Å². The summed E-state index contributed by atoms with van der Waals surface area (Å²) in [4.78, 5) is 20.2. The predicted octanol–water partition coefficient (Wildman–Crippen LogP) is 2.48. The lowest BCUT2D eigenvalue weighted by molar-refractivity contribution is -0.0461. The zero-order valence-corrected chi connectivity index (χ0v) is 13.8. The van der Waals surface area contributed by atoms with Crippen molar-refractivity contribution in [3.05, 3.63) is 60.1 Å². The van der Waals surface area contributed by atoms with Crippen LogP contribution in [-0.4, -0.2) is 36.1 Å². The zero-order chi connectivity index (χ0) is 17.6. The second-order valence-corrected chi connectivity index (χ2v) is 5.21. The molecule has 3 heterocycles. The lowest BCUT2D eigenvalue weighted by atomic mass is 10.1. The molecule has 0 saturated carbocycles. The van der Waals surface area contributed by atoms with E-state index < -0.39 is 6.29 Å². The van der Waals surface area contributed by atoms with E-state index in [0.717, 1.165) is 0 Å². The summed E-state index contributed by atoms with van der Waals surface area (Å²) >= 11 is 0. The van der Waals surface area contributed by atoms with Crippen LogP contribution >= 0.6 is 0 Å². The van der Waals surface area contributed by atoms with Gasteiger partial charge in [0.25, 0.3) is 0 Å². The van der Waals surface area contributed by atoms with E-state index in [1.54, 1.807) is 30.6 Å². The maximum atomic E-state index is 11.9. The summed E-state index contributed by atoms with van der Waals surface area (Å²) in [6, 6.07) is 5.24. The Labute approximate surface area is 145 Å². The molecule has 25 heavy (non-hydrogen) atoms. The summed E-state index contributed by atoms with van der Waals surface area (Å²) in [5.41, 5.74) is 1.65. The number of ketones is 1. The Hall–Kier alpha value is -2.77. The molecule has 0 bridgehead atoms. The van der Waals surface area contributed by atoms with Crippen molar-refractivity contribution in [3.8, 4) is 11.6 Å². The van der Waals surface area contributed by atoms with Gasteiger partial charge in [0.1, 0.15) is 18.1 Å². The number of nitrogens with zero attached hydrogens (tertiary/aromatic N) is 2. The number of hydrogen-bond donors (Lipinski definition) is 0. The Balaban J connectivity index is 1.84. The third-order valence-corrected chi connectivity index (χ3v) is 3.65. The first-order valence-corrected chi connectivity index (χ1v) is 7.73. The van der Waals surface area contributed by atoms with Gasteiger partial charge in [-0.15, -0.1) is 0 Å². The van der Waals surface area contributed by atoms with Crippen LogP contribution in [0.3, 0.4) is 0 Å². The van der Waals surface area contributed by atoms with Crippen LogP contribution in [0.4, 0.5) is 0 Å². The van der Waals surface area contributed by atoms with Crippen LogP contribution in [0, 0.1) is 0 Å². The number of pyridine rings is 2. The van der Waals surface area contributed by atoms with Crippen molar-refractivity contribution in [1.29, 1.82) is 0 Å². The summed E-state index contributed by atoms with van der Waals surface area (Å²) in [6.07, 6.45) is 3.80. The number of allylic oxidation sites excluding steroid dienone is 1. The minimum atomic E-state index is -0.532. The molecule has 2 aromatic heterocycles. The summed E-state index contributed by atoms with van der Waals surface area (Å²) in [5, 5.41) is 0. The van der Waals surface area contributed by atoms with Crippen LogP contribution < -0.4 is 9.47 Å². The highest BCUT2D eigenvalue weighted by Crippen LogP contribution is 2.33. The van der Waals surface area contributed by atoms with Crippen LogP contribution in [0.5, 0.6) is 11.6 Å². The van der Waals surface area contributed by atoms with Crippen molar-refractivity contribution in [2.45, 2.75) is 12.9 Å². The van der Waals surface area contributed by atoms with E-state index in [0.29, 0.717) is 41.7 Å². The highest BCUT2D eigenvalue weighted by Gasteiger charge is 2.24. The fourth-order valence-electron chi connectivity index (χ4n) is 2.42. The molecule has 1 fully saturated rings. The number of methoxy groups -OCH3 is 1. The van der Waals surface area contributed by atoms with Gasteiger partial charge >= 0.3 is 0 Å². The number of aromatic nitrogens is 2. The second kappa shape index (κ2) is 7.87. The molecule has 0 spiro atoms. The van der Waals surface area contributed by atoms with Gasteiger partial charge in [0, 0.05) is 17.8 Å². The highest BCUT2D eigenvalue weighted by atomic mass is 16.7. The Morgan fingerprint density at radius 3 is 2.92 bits per heavy atom. The monoisotopic (exact) mass is 342 g/mol. The van der Waals surface area contributed by atoms with Crippen LogP contribution in [0.15, 0.2) is 43.2 Å². The molecule has 0 aromatic carbocycles. The second-order valence-electron chi connectivity index (χ2n) is 5.21. The first-order chi connectivity index (χ1) is 12.2. The van der Waals surface area contributed by atoms with Gasteiger partial charge in [0.05, 0.1) is 32.1 Å². The highest BCUT2D eigenvalue weighted by molar-refractivity contribution is 6.03. The maximum Gasteiger partial charge on any atom is 0.213 e. The van der Waals surface area contributed by atoms with Crippen LogP contribution in [0.25, 0.3) is 0 Å². The number of carbonyl (C=O) groups is 1. The Bertz CT molecular complexity index is 772. The van der Waals surface area contributed by atoms with E-state index in [1.165, 1.54) is 13.2 Å². The van der Waals surface area contributed by atoms with Crippen LogP contribution in [-0.2, 0) is 16.1 Å². The minimum absolute atomic E-state index is 0.149. The Morgan fingerprint density at radius 1 is 1.40 bits per heavy atom. The molecule has 1 saturated heterocycles. The SMILES string of the molecule is C=CC(=O)c1ncccc1COc1cnc(OC)cc1C1OCCO1. The molecule has 0 radical (unpaired) electrons. The molecule has 1 aliphatic rings. The molecule has 0 aliphatic carbocycles. The quantitative estimate of drug-likeness (QED) is 0.565. The van der Waals surface area contributed by atoms with Gasteiger partial charge < -0.3 is 18.9 Å². The van der Waals surface area contributed by atoms with Crippen molar-refractivity contribution in [2.24, 2.45) is 0 Å². The van der Waals surface area contributed by atoms with E-state index in [-0.39, 0.29) is 12.4 Å². The van der Waals surface area contributed by atoms with Gasteiger partial charge in [-0.05, 0) is 12.1 Å². The van der Waals surface area contributed by atoms with E-state index in [9.17, 15) is 4.79 Å². The molecule has 0 atom stereocenters. The van der Waals surface area contributed by atoms with Crippen LogP contribution in [0.1, 0.15) is 27.9 Å². The molecule has 1 aliphatic heterocycles. The topological polar surface area (TPSA) is 79.8 Å². The number of carbonyl (C=O) groups excluding carboxylic acids is 1. The zero-order valence-electron chi connectivity index (χ0n) is 13.8. The van der Waals surface area contributed by atoms with Crippen molar-refractivity contribution < 1.29 is 23.7 Å². The minimum Gasteiger partial charge on any atom is -0.487 e. The maximum absolute atomic E-state index is 11.9. The van der Waals surface area contributed by atoms with Crippen molar-refractivity contribution in [3.63, 3.8) is 0 Å². The average Bonchev–Trinajstić information content (AvgIpc) is 3.20. The first kappa shape index (κ1) is 17.1. The summed E-state index contributed by atoms with van der Waals surface area (Å²) in [5.74, 6) is 0.675. The first-order valence-electron chi connectivity index (χ1n) is 7.73. The fraction of sp³-hybridized carbons (Fsp3) is 0.278. The molecule has 0 amide bonds. The molecule has 0 unspecified atom stereocenters. The Kier molecular flexibility index (Phi) is 5.37. The van der Waals surface area contributed by atoms with Gasteiger partial charge in [0.15, 0.2) is 6.29 Å². The summed E-state index contributed by atoms with van der Waals surface area (Å²) in [6.45, 7) is 4.66. The number of rotatable bonds is 7. The average molecular weight is 342 g/mol. The molecule has 0 N–H and O–H groups in total. The molecule has 2 aromatic rings. The van der Waals surface area contributed by atoms with Gasteiger partial charge in [-0.2, -0.15) is 0 Å². The molecule has 7 heteroatoms. The molecule has 3 rings (SSSR count). The summed E-state index contributed by atoms with van der Waals surface area (Å²) < 4.78 is 22.1. The van der Waals surface area contributed by atoms with Gasteiger partial charge in [-0.3, -0.25) is 9.78 Å². The molecule has 7 nitrogen and oxygen atoms in total. The molecular weight excluding hydrogens is 324 g/mol. The number of ether oxygens (including phenoxy) is 4. The van der Waals surface area contributed by atoms with Crippen molar-refractivity contribution in [1.82, 2.24) is 9.97 Å². The molecule has 130 valence electrons. The third kappa shape index (κ3) is 3.84. The van der Waals surface area contributed by atoms with Gasteiger partial charge in [-0.1, -0.05) is 12.6 Å². The van der Waals surface area contributed by atoms with Crippen molar-refractivity contribution >= 4 is 5.78 Å². The van der Waals surface area contributed by atoms with E-state index in [2.05, 4.69) is 16.5 Å². The smallest absolute Gasteiger partial charge is 0.213 e. The lowest BCUT2D eigenvalue weighted by Crippen LogP contribution is -2.09. The standard InChI is InChI=1S/C18H18N2O5/c1-3-14(21)17-12(5-4-6-19-17)11-25-15-10-20-16(22-2)9-13(15)18-23-7-8-24-18/h3-6,9-10,18H,1,7-8,11H2,2H3. The largest absolute Gasteiger partial charge is 0.487 e. The van der Waals surface area contributed by atoms with Crippen molar-refractivity contribution in [2.75, 3.05) is 20.3 Å². The lowest BCUT2D eigenvalue weighted by Gasteiger charge is -2.16. The van der Waals surface area contributed by atoms with E-state index in [4.69, 9.17) is 18.9 Å². The fourth-order valence-corrected chi connectivity index (χ4v) is 2.42. The Morgan fingerprint density at radius 2 is 2.20 bits per heavy atom. The number of hydrogen-bond acceptors (Lipinski definition) is 7. The van der Waals surface area contributed by atoms with Gasteiger partial charge in [0.2, 0.25) is 11.7 Å². The summed E-state index contributed by atoms with van der Waals surface area (Å²) in [7, 11) is 1.53. The van der Waals surface area contributed by atoms with Crippen LogP contribution in [0.2, 0.25) is 0 Å². The predicted molar refractivity (Wildman–Crippen MR) is 88.5 cm³/mol. The van der Waals surface area contributed by atoms with E-state index >= 15 is 0 Å².